The van der Waals surface area contributed by atoms with Gasteiger partial charge in [0.1, 0.15) is 18.7 Å². The summed E-state index contributed by atoms with van der Waals surface area (Å²) in [7, 11) is 0. The largest absolute Gasteiger partial charge is 0.350 e. The highest BCUT2D eigenvalue weighted by Crippen LogP contribution is 2.19. The van der Waals surface area contributed by atoms with Crippen LogP contribution in [0.5, 0.6) is 0 Å². The molecule has 0 saturated carbocycles. The number of aromatic nitrogens is 5. The van der Waals surface area contributed by atoms with E-state index < -0.39 is 6.04 Å². The third-order valence-electron chi connectivity index (χ3n) is 4.10. The molecule has 1 amide bonds. The van der Waals surface area contributed by atoms with Crippen molar-refractivity contribution in [2.75, 3.05) is 6.54 Å². The molecule has 3 aromatic rings. The minimum Gasteiger partial charge on any atom is -0.350 e. The molecule has 3 heterocycles. The van der Waals surface area contributed by atoms with Crippen molar-refractivity contribution >= 4 is 30.7 Å². The van der Waals surface area contributed by atoms with Crippen molar-refractivity contribution in [1.82, 2.24) is 35.4 Å². The van der Waals surface area contributed by atoms with Gasteiger partial charge in [0, 0.05) is 25.2 Å². The highest BCUT2D eigenvalue weighted by molar-refractivity contribution is 5.85. The zero-order valence-electron chi connectivity index (χ0n) is 13.8. The summed E-state index contributed by atoms with van der Waals surface area (Å²) in [5.74, 6) is -0.0663. The Labute approximate surface area is 162 Å². The van der Waals surface area contributed by atoms with E-state index in [9.17, 15) is 4.79 Å². The molecule has 1 aliphatic heterocycles. The van der Waals surface area contributed by atoms with Crippen LogP contribution in [0.15, 0.2) is 43.2 Å². The molecule has 4 rings (SSSR count). The Morgan fingerprint density at radius 1 is 1.27 bits per heavy atom. The number of rotatable bonds is 4. The number of nitrogens with one attached hydrogen (secondary N) is 3. The Morgan fingerprint density at radius 2 is 2.08 bits per heavy atom. The molecule has 0 aliphatic carbocycles. The molecule has 2 aromatic heterocycles. The van der Waals surface area contributed by atoms with Crippen LogP contribution >= 0.6 is 24.8 Å². The van der Waals surface area contributed by atoms with Gasteiger partial charge in [-0.2, -0.15) is 5.10 Å². The lowest BCUT2D eigenvalue weighted by atomic mass is 10.0. The molecule has 1 aliphatic rings. The Morgan fingerprint density at radius 3 is 2.81 bits per heavy atom. The molecular formula is C16H19Cl2N7O. The fourth-order valence-corrected chi connectivity index (χ4v) is 2.83. The van der Waals surface area contributed by atoms with Gasteiger partial charge in [-0.1, -0.05) is 12.1 Å². The van der Waals surface area contributed by atoms with E-state index in [0.29, 0.717) is 6.54 Å². The molecule has 3 N–H and O–H groups in total. The van der Waals surface area contributed by atoms with Crippen LogP contribution < -0.4 is 10.6 Å². The molecule has 138 valence electrons. The molecule has 8 nitrogen and oxygen atoms in total. The summed E-state index contributed by atoms with van der Waals surface area (Å²) in [5, 5.41) is 10.3. The number of aromatic amines is 1. The fraction of sp³-hybridized carbons (Fsp3) is 0.250. The lowest BCUT2D eigenvalue weighted by Gasteiger charge is -2.22. The third kappa shape index (κ3) is 4.04. The Kier molecular flexibility index (Phi) is 6.73. The fourth-order valence-electron chi connectivity index (χ4n) is 2.83. The zero-order chi connectivity index (χ0) is 16.4. The number of nitrogens with zero attached hydrogens (tertiary/aromatic N) is 4. The summed E-state index contributed by atoms with van der Waals surface area (Å²) in [6.07, 6.45) is 5.64. The molecule has 0 bridgehead atoms. The normalized spacial score (nSPS) is 15.3. The number of carbonyl (C=O) groups is 1. The molecule has 0 radical (unpaired) electrons. The summed E-state index contributed by atoms with van der Waals surface area (Å²) in [6, 6.07) is 7.42. The Bertz CT molecular complexity index is 833. The van der Waals surface area contributed by atoms with Gasteiger partial charge >= 0.3 is 0 Å². The van der Waals surface area contributed by atoms with E-state index in [-0.39, 0.29) is 30.7 Å². The summed E-state index contributed by atoms with van der Waals surface area (Å²) in [5.41, 5.74) is 3.77. The van der Waals surface area contributed by atoms with E-state index in [4.69, 9.17) is 0 Å². The van der Waals surface area contributed by atoms with Crippen LogP contribution in [0.3, 0.4) is 0 Å². The number of imidazole rings is 1. The van der Waals surface area contributed by atoms with Crippen LogP contribution in [0.4, 0.5) is 0 Å². The van der Waals surface area contributed by atoms with E-state index in [1.54, 1.807) is 17.3 Å². The van der Waals surface area contributed by atoms with Crippen molar-refractivity contribution < 1.29 is 4.79 Å². The monoisotopic (exact) mass is 395 g/mol. The smallest absolute Gasteiger partial charge is 0.243 e. The van der Waals surface area contributed by atoms with Crippen molar-refractivity contribution in [1.29, 1.82) is 0 Å². The van der Waals surface area contributed by atoms with Crippen LogP contribution in [0.25, 0.3) is 5.69 Å². The number of amides is 1. The molecular weight excluding hydrogens is 377 g/mol. The minimum atomic E-state index is -0.394. The highest BCUT2D eigenvalue weighted by atomic mass is 35.5. The standard InChI is InChI=1S/C16H17N7O.2ClH/c24-16(15-14-13(5-6-18-15)20-9-21-14)19-7-11-1-3-12(4-2-11)23-10-17-8-22-23;;/h1-4,8-10,15,18H,5-7H2,(H,19,24)(H,20,21);2*1H. The Hall–Kier alpha value is -2.42. The van der Waals surface area contributed by atoms with Gasteiger partial charge in [0.2, 0.25) is 5.91 Å². The number of H-pyrrole nitrogens is 1. The average molecular weight is 396 g/mol. The van der Waals surface area contributed by atoms with Crippen LogP contribution in [-0.2, 0) is 17.8 Å². The van der Waals surface area contributed by atoms with Crippen LogP contribution in [0.1, 0.15) is 23.0 Å². The molecule has 0 saturated heterocycles. The molecule has 1 atom stereocenters. The van der Waals surface area contributed by atoms with Gasteiger partial charge < -0.3 is 15.6 Å². The van der Waals surface area contributed by atoms with E-state index in [1.807, 2.05) is 24.3 Å². The maximum Gasteiger partial charge on any atom is 0.243 e. The maximum absolute atomic E-state index is 12.4. The first-order valence-electron chi connectivity index (χ1n) is 7.78. The molecule has 0 spiro atoms. The number of hydrogen-bond acceptors (Lipinski definition) is 5. The van der Waals surface area contributed by atoms with Crippen molar-refractivity contribution in [2.45, 2.75) is 19.0 Å². The first-order chi connectivity index (χ1) is 11.8. The average Bonchev–Trinajstić information content (AvgIpc) is 3.31. The number of carbonyl (C=O) groups excluding carboxylic acids is 1. The van der Waals surface area contributed by atoms with E-state index >= 15 is 0 Å². The van der Waals surface area contributed by atoms with Gasteiger partial charge in [-0.05, 0) is 17.7 Å². The van der Waals surface area contributed by atoms with Gasteiger partial charge in [0.25, 0.3) is 0 Å². The topological polar surface area (TPSA) is 101 Å². The van der Waals surface area contributed by atoms with Gasteiger partial charge in [0.15, 0.2) is 0 Å². The van der Waals surface area contributed by atoms with E-state index in [2.05, 4.69) is 30.7 Å². The van der Waals surface area contributed by atoms with E-state index in [1.165, 1.54) is 6.33 Å². The maximum atomic E-state index is 12.4. The SMILES string of the molecule is Cl.Cl.O=C(NCc1ccc(-n2cncn2)cc1)C1NCCc2[nH]cnc21. The minimum absolute atomic E-state index is 0. The molecule has 10 heteroatoms. The molecule has 1 aromatic carbocycles. The molecule has 1 unspecified atom stereocenters. The summed E-state index contributed by atoms with van der Waals surface area (Å²) >= 11 is 0. The van der Waals surface area contributed by atoms with Gasteiger partial charge in [-0.25, -0.2) is 14.6 Å². The summed E-state index contributed by atoms with van der Waals surface area (Å²) < 4.78 is 1.69. The van der Waals surface area contributed by atoms with Crippen LogP contribution in [0.2, 0.25) is 0 Å². The second-order valence-electron chi connectivity index (χ2n) is 5.63. The number of halogens is 2. The van der Waals surface area contributed by atoms with Crippen LogP contribution in [0, 0.1) is 0 Å². The quantitative estimate of drug-likeness (QED) is 0.618. The van der Waals surface area contributed by atoms with Crippen molar-refractivity contribution in [3.8, 4) is 5.69 Å². The first-order valence-corrected chi connectivity index (χ1v) is 7.78. The summed E-state index contributed by atoms with van der Waals surface area (Å²) in [4.78, 5) is 23.7. The molecule has 0 fully saturated rings. The van der Waals surface area contributed by atoms with Crippen molar-refractivity contribution in [2.24, 2.45) is 0 Å². The van der Waals surface area contributed by atoms with Crippen molar-refractivity contribution in [3.63, 3.8) is 0 Å². The predicted molar refractivity (Wildman–Crippen MR) is 101 cm³/mol. The lowest BCUT2D eigenvalue weighted by molar-refractivity contribution is -0.123. The number of benzene rings is 1. The predicted octanol–water partition coefficient (Wildman–Crippen LogP) is 1.34. The second kappa shape index (κ2) is 8.79. The van der Waals surface area contributed by atoms with E-state index in [0.717, 1.165) is 35.6 Å². The first kappa shape index (κ1) is 19.9. The number of fused-ring (bicyclic) bond motifs is 1. The third-order valence-corrected chi connectivity index (χ3v) is 4.10. The summed E-state index contributed by atoms with van der Waals surface area (Å²) in [6.45, 7) is 1.23. The van der Waals surface area contributed by atoms with Gasteiger partial charge in [0.05, 0.1) is 17.7 Å². The molecule has 26 heavy (non-hydrogen) atoms. The number of hydrogen-bond donors (Lipinski definition) is 3. The highest BCUT2D eigenvalue weighted by Gasteiger charge is 2.28. The van der Waals surface area contributed by atoms with Crippen molar-refractivity contribution in [3.05, 3.63) is 60.2 Å². The van der Waals surface area contributed by atoms with Crippen LogP contribution in [-0.4, -0.2) is 37.2 Å². The second-order valence-corrected chi connectivity index (χ2v) is 5.63. The Balaban J connectivity index is 0.00000121. The van der Waals surface area contributed by atoms with Gasteiger partial charge in [-0.3, -0.25) is 4.79 Å². The van der Waals surface area contributed by atoms with Gasteiger partial charge in [-0.15, -0.1) is 24.8 Å². The lowest BCUT2D eigenvalue weighted by Crippen LogP contribution is -2.41. The zero-order valence-corrected chi connectivity index (χ0v) is 15.4.